The summed E-state index contributed by atoms with van der Waals surface area (Å²) in [6.45, 7) is 8.27. The first-order valence-electron chi connectivity index (χ1n) is 8.13. The minimum atomic E-state index is -0.319. The van der Waals surface area contributed by atoms with Gasteiger partial charge >= 0.3 is 0 Å². The van der Waals surface area contributed by atoms with Crippen LogP contribution < -0.4 is 5.32 Å². The summed E-state index contributed by atoms with van der Waals surface area (Å²) in [7, 11) is 0. The fourth-order valence-corrected chi connectivity index (χ4v) is 3.11. The number of nitrogens with one attached hydrogen (secondary N) is 1. The van der Waals surface area contributed by atoms with Crippen LogP contribution in [0.3, 0.4) is 0 Å². The van der Waals surface area contributed by atoms with Crippen LogP contribution in [-0.4, -0.2) is 33.4 Å². The first kappa shape index (κ1) is 16.3. The maximum atomic E-state index is 12.9. The Hall–Kier alpha value is -2.56. The van der Waals surface area contributed by atoms with Crippen LogP contribution in [-0.2, 0) is 11.3 Å². The number of para-hydroxylation sites is 1. The van der Waals surface area contributed by atoms with E-state index in [1.54, 1.807) is 4.90 Å². The van der Waals surface area contributed by atoms with Gasteiger partial charge in [0.05, 0.1) is 17.8 Å². The Morgan fingerprint density at radius 3 is 2.58 bits per heavy atom. The van der Waals surface area contributed by atoms with E-state index in [2.05, 4.69) is 9.88 Å². The standard InChI is InChI=1S/C19H23N3O2/c1-13-9-10-14-11-21(12-17(23)20-19(2,3)4)18(24)15-7-5-6-8-16(15)22(13)14/h5-10H,11-12H2,1-4H3,(H,20,23). The smallest absolute Gasteiger partial charge is 0.256 e. The highest BCUT2D eigenvalue weighted by molar-refractivity contribution is 6.00. The molecule has 0 spiro atoms. The van der Waals surface area contributed by atoms with Crippen LogP contribution in [0, 0.1) is 6.92 Å². The summed E-state index contributed by atoms with van der Waals surface area (Å²) in [4.78, 5) is 26.9. The fraction of sp³-hybridized carbons (Fsp3) is 0.368. The Balaban J connectivity index is 1.97. The zero-order valence-corrected chi connectivity index (χ0v) is 14.6. The van der Waals surface area contributed by atoms with Crippen molar-refractivity contribution < 1.29 is 9.59 Å². The van der Waals surface area contributed by atoms with Crippen LogP contribution in [0.4, 0.5) is 0 Å². The van der Waals surface area contributed by atoms with Gasteiger partial charge in [-0.1, -0.05) is 12.1 Å². The summed E-state index contributed by atoms with van der Waals surface area (Å²) in [5.41, 5.74) is 3.26. The zero-order chi connectivity index (χ0) is 17.5. The van der Waals surface area contributed by atoms with Gasteiger partial charge in [0.15, 0.2) is 0 Å². The number of aryl methyl sites for hydroxylation is 1. The first-order valence-corrected chi connectivity index (χ1v) is 8.13. The second-order valence-electron chi connectivity index (χ2n) is 7.28. The molecule has 0 fully saturated rings. The van der Waals surface area contributed by atoms with Gasteiger partial charge in [-0.2, -0.15) is 0 Å². The largest absolute Gasteiger partial charge is 0.350 e. The molecule has 0 bridgehead atoms. The van der Waals surface area contributed by atoms with Crippen molar-refractivity contribution >= 4 is 11.8 Å². The normalized spacial score (nSPS) is 14.0. The second kappa shape index (κ2) is 5.82. The van der Waals surface area contributed by atoms with E-state index in [-0.39, 0.29) is 23.9 Å². The van der Waals surface area contributed by atoms with E-state index in [9.17, 15) is 9.59 Å². The lowest BCUT2D eigenvalue weighted by atomic mass is 10.1. The lowest BCUT2D eigenvalue weighted by molar-refractivity contribution is -0.123. The van der Waals surface area contributed by atoms with Crippen LogP contribution in [0.15, 0.2) is 36.4 Å². The summed E-state index contributed by atoms with van der Waals surface area (Å²) >= 11 is 0. The van der Waals surface area contributed by atoms with Crippen LogP contribution >= 0.6 is 0 Å². The molecule has 2 aromatic rings. The molecule has 1 aromatic heterocycles. The van der Waals surface area contributed by atoms with Crippen LogP contribution in [0.2, 0.25) is 0 Å². The van der Waals surface area contributed by atoms with E-state index < -0.39 is 0 Å². The Bertz CT molecular complexity index is 799. The van der Waals surface area contributed by atoms with Crippen molar-refractivity contribution in [2.75, 3.05) is 6.54 Å². The predicted octanol–water partition coefficient (Wildman–Crippen LogP) is 2.66. The van der Waals surface area contributed by atoms with E-state index in [1.165, 1.54) is 0 Å². The predicted molar refractivity (Wildman–Crippen MR) is 93.1 cm³/mol. The molecule has 2 heterocycles. The highest BCUT2D eigenvalue weighted by Gasteiger charge is 2.28. The first-order chi connectivity index (χ1) is 11.3. The maximum absolute atomic E-state index is 12.9. The summed E-state index contributed by atoms with van der Waals surface area (Å²) in [6, 6.07) is 11.6. The number of rotatable bonds is 2. The number of hydrogen-bond donors (Lipinski definition) is 1. The quantitative estimate of drug-likeness (QED) is 0.923. The number of fused-ring (bicyclic) bond motifs is 3. The van der Waals surface area contributed by atoms with Gasteiger partial charge in [0.1, 0.15) is 6.54 Å². The molecule has 5 heteroatoms. The van der Waals surface area contributed by atoms with Gasteiger partial charge in [-0.3, -0.25) is 9.59 Å². The van der Waals surface area contributed by atoms with Crippen LogP contribution in [0.5, 0.6) is 0 Å². The lowest BCUT2D eigenvalue weighted by Crippen LogP contribution is -2.47. The van der Waals surface area contributed by atoms with E-state index >= 15 is 0 Å². The molecular formula is C19H23N3O2. The van der Waals surface area contributed by atoms with Gasteiger partial charge in [0.25, 0.3) is 5.91 Å². The zero-order valence-electron chi connectivity index (χ0n) is 14.6. The average Bonchev–Trinajstić information content (AvgIpc) is 2.79. The van der Waals surface area contributed by atoms with Crippen molar-refractivity contribution in [2.45, 2.75) is 39.8 Å². The van der Waals surface area contributed by atoms with Gasteiger partial charge in [-0.15, -0.1) is 0 Å². The molecule has 0 radical (unpaired) electrons. The van der Waals surface area contributed by atoms with Gasteiger partial charge in [-0.25, -0.2) is 0 Å². The number of hydrogen-bond acceptors (Lipinski definition) is 2. The molecule has 1 aliphatic heterocycles. The number of aromatic nitrogens is 1. The molecule has 0 unspecified atom stereocenters. The molecule has 1 N–H and O–H groups in total. The maximum Gasteiger partial charge on any atom is 0.256 e. The van der Waals surface area contributed by atoms with E-state index in [0.29, 0.717) is 12.1 Å². The molecule has 1 aromatic carbocycles. The van der Waals surface area contributed by atoms with Crippen molar-refractivity contribution in [3.63, 3.8) is 0 Å². The second-order valence-corrected chi connectivity index (χ2v) is 7.28. The molecule has 3 rings (SSSR count). The topological polar surface area (TPSA) is 54.3 Å². The van der Waals surface area contributed by atoms with Gasteiger partial charge in [0, 0.05) is 16.9 Å². The third kappa shape index (κ3) is 3.07. The average molecular weight is 325 g/mol. The molecule has 0 atom stereocenters. The lowest BCUT2D eigenvalue weighted by Gasteiger charge is -2.25. The minimum absolute atomic E-state index is 0.0503. The Morgan fingerprint density at radius 1 is 1.17 bits per heavy atom. The molecule has 0 saturated carbocycles. The Morgan fingerprint density at radius 2 is 1.88 bits per heavy atom. The summed E-state index contributed by atoms with van der Waals surface area (Å²) in [5.74, 6) is -0.261. The molecule has 24 heavy (non-hydrogen) atoms. The number of benzene rings is 1. The van der Waals surface area contributed by atoms with Crippen molar-refractivity contribution in [1.29, 1.82) is 0 Å². The summed E-state index contributed by atoms with van der Waals surface area (Å²) < 4.78 is 2.09. The van der Waals surface area contributed by atoms with Crippen molar-refractivity contribution in [3.05, 3.63) is 53.3 Å². The Labute approximate surface area is 142 Å². The van der Waals surface area contributed by atoms with E-state index in [4.69, 9.17) is 0 Å². The third-order valence-corrected chi connectivity index (χ3v) is 4.02. The highest BCUT2D eigenvalue weighted by Crippen LogP contribution is 2.26. The molecular weight excluding hydrogens is 302 g/mol. The minimum Gasteiger partial charge on any atom is -0.350 e. The molecule has 5 nitrogen and oxygen atoms in total. The van der Waals surface area contributed by atoms with Crippen molar-refractivity contribution in [3.8, 4) is 5.69 Å². The van der Waals surface area contributed by atoms with Gasteiger partial charge < -0.3 is 14.8 Å². The Kier molecular flexibility index (Phi) is 3.95. The van der Waals surface area contributed by atoms with Crippen LogP contribution in [0.25, 0.3) is 5.69 Å². The third-order valence-electron chi connectivity index (χ3n) is 4.02. The van der Waals surface area contributed by atoms with Crippen LogP contribution in [0.1, 0.15) is 42.5 Å². The van der Waals surface area contributed by atoms with Gasteiger partial charge in [0.2, 0.25) is 5.91 Å². The number of carbonyl (C=O) groups excluding carboxylic acids is 2. The number of carbonyl (C=O) groups is 2. The van der Waals surface area contributed by atoms with E-state index in [0.717, 1.165) is 17.1 Å². The van der Waals surface area contributed by atoms with Crippen molar-refractivity contribution in [2.24, 2.45) is 0 Å². The molecule has 126 valence electrons. The monoisotopic (exact) mass is 325 g/mol. The number of nitrogens with zero attached hydrogens (tertiary/aromatic N) is 2. The van der Waals surface area contributed by atoms with E-state index in [1.807, 2.05) is 64.1 Å². The molecule has 1 aliphatic rings. The number of amides is 2. The molecule has 0 aliphatic carbocycles. The SMILES string of the molecule is Cc1ccc2n1-c1ccccc1C(=O)N(CC(=O)NC(C)(C)C)C2. The summed E-state index contributed by atoms with van der Waals surface area (Å²) in [5, 5.41) is 2.92. The molecule has 0 saturated heterocycles. The van der Waals surface area contributed by atoms with Gasteiger partial charge in [-0.05, 0) is 52.0 Å². The fourth-order valence-electron chi connectivity index (χ4n) is 3.11. The van der Waals surface area contributed by atoms with Crippen molar-refractivity contribution in [1.82, 2.24) is 14.8 Å². The molecule has 2 amide bonds. The highest BCUT2D eigenvalue weighted by atomic mass is 16.2. The summed E-state index contributed by atoms with van der Waals surface area (Å²) in [6.07, 6.45) is 0.